The highest BCUT2D eigenvalue weighted by atomic mass is 14.9. The predicted molar refractivity (Wildman–Crippen MR) is 137 cm³/mol. The summed E-state index contributed by atoms with van der Waals surface area (Å²) in [5.41, 5.74) is 12.4. The van der Waals surface area contributed by atoms with Gasteiger partial charge in [-0.25, -0.2) is 0 Å². The summed E-state index contributed by atoms with van der Waals surface area (Å²) >= 11 is 0. The molecular formula is C30H37N. The Hall–Kier alpha value is -2.80. The van der Waals surface area contributed by atoms with Crippen molar-refractivity contribution in [3.63, 3.8) is 0 Å². The van der Waals surface area contributed by atoms with Gasteiger partial charge in [0.2, 0.25) is 0 Å². The number of benzene rings is 2. The Labute approximate surface area is 189 Å². The summed E-state index contributed by atoms with van der Waals surface area (Å²) in [6.45, 7) is 19.4. The van der Waals surface area contributed by atoms with E-state index >= 15 is 0 Å². The van der Waals surface area contributed by atoms with Gasteiger partial charge in [-0.15, -0.1) is 0 Å². The lowest BCUT2D eigenvalue weighted by Crippen LogP contribution is -2.14. The summed E-state index contributed by atoms with van der Waals surface area (Å²) in [7, 11) is 0. The van der Waals surface area contributed by atoms with Crippen LogP contribution in [0.1, 0.15) is 63.3 Å². The molecule has 2 aromatic rings. The first-order chi connectivity index (χ1) is 14.8. The SMILES string of the molecule is C=C(C)C1=CNC(c2cc(CC)c(-c3ccc(CC)cc3)cc2CCC(C)C)=CC1=C. The van der Waals surface area contributed by atoms with Crippen molar-refractivity contribution in [3.8, 4) is 11.1 Å². The lowest BCUT2D eigenvalue weighted by Gasteiger charge is -2.23. The molecule has 0 aliphatic carbocycles. The average Bonchev–Trinajstić information content (AvgIpc) is 2.76. The number of aryl methyl sites for hydroxylation is 3. The molecular weight excluding hydrogens is 374 g/mol. The Morgan fingerprint density at radius 3 is 2.19 bits per heavy atom. The Kier molecular flexibility index (Phi) is 7.38. The molecule has 0 fully saturated rings. The van der Waals surface area contributed by atoms with E-state index in [-0.39, 0.29) is 0 Å². The first kappa shape index (κ1) is 22.9. The third-order valence-electron chi connectivity index (χ3n) is 6.16. The van der Waals surface area contributed by atoms with Gasteiger partial charge in [-0.1, -0.05) is 71.2 Å². The van der Waals surface area contributed by atoms with Gasteiger partial charge in [-0.05, 0) is 95.2 Å². The van der Waals surface area contributed by atoms with E-state index in [4.69, 9.17) is 0 Å². The monoisotopic (exact) mass is 411 g/mol. The predicted octanol–water partition coefficient (Wildman–Crippen LogP) is 8.03. The van der Waals surface area contributed by atoms with Crippen LogP contribution in [0.3, 0.4) is 0 Å². The second kappa shape index (κ2) is 10.0. The van der Waals surface area contributed by atoms with Gasteiger partial charge < -0.3 is 5.32 Å². The molecule has 1 heterocycles. The number of hydrogen-bond donors (Lipinski definition) is 1. The Bertz CT molecular complexity index is 1030. The minimum atomic E-state index is 0.671. The van der Waals surface area contributed by atoms with E-state index in [2.05, 4.69) is 94.8 Å². The molecule has 0 saturated heterocycles. The van der Waals surface area contributed by atoms with E-state index in [1.807, 2.05) is 6.92 Å². The maximum Gasteiger partial charge on any atom is 0.0462 e. The molecule has 3 rings (SSSR count). The van der Waals surface area contributed by atoms with Crippen LogP contribution in [0.2, 0.25) is 0 Å². The first-order valence-electron chi connectivity index (χ1n) is 11.6. The van der Waals surface area contributed by atoms with Gasteiger partial charge in [0, 0.05) is 17.5 Å². The summed E-state index contributed by atoms with van der Waals surface area (Å²) in [6, 6.07) is 13.9. The third-order valence-corrected chi connectivity index (χ3v) is 6.16. The second-order valence-electron chi connectivity index (χ2n) is 9.07. The van der Waals surface area contributed by atoms with Crippen LogP contribution in [0.5, 0.6) is 0 Å². The zero-order valence-electron chi connectivity index (χ0n) is 19.9. The first-order valence-corrected chi connectivity index (χ1v) is 11.6. The van der Waals surface area contributed by atoms with Crippen molar-refractivity contribution in [3.05, 3.63) is 101 Å². The molecule has 0 unspecified atom stereocenters. The number of dihydropyridines is 1. The molecule has 0 radical (unpaired) electrons. The fourth-order valence-electron chi connectivity index (χ4n) is 4.16. The van der Waals surface area contributed by atoms with Crippen molar-refractivity contribution >= 4 is 5.70 Å². The molecule has 1 aliphatic heterocycles. The van der Waals surface area contributed by atoms with Gasteiger partial charge in [-0.2, -0.15) is 0 Å². The van der Waals surface area contributed by atoms with Crippen LogP contribution in [-0.4, -0.2) is 0 Å². The highest BCUT2D eigenvalue weighted by Crippen LogP contribution is 2.34. The summed E-state index contributed by atoms with van der Waals surface area (Å²) in [6.07, 6.45) is 8.54. The van der Waals surface area contributed by atoms with Gasteiger partial charge in [-0.3, -0.25) is 0 Å². The van der Waals surface area contributed by atoms with Crippen LogP contribution in [-0.2, 0) is 19.3 Å². The maximum absolute atomic E-state index is 4.27. The topological polar surface area (TPSA) is 12.0 Å². The van der Waals surface area contributed by atoms with Gasteiger partial charge in [0.25, 0.3) is 0 Å². The molecule has 1 N–H and O–H groups in total. The molecule has 2 aromatic carbocycles. The minimum Gasteiger partial charge on any atom is -0.361 e. The smallest absolute Gasteiger partial charge is 0.0462 e. The lowest BCUT2D eigenvalue weighted by molar-refractivity contribution is 0.586. The van der Waals surface area contributed by atoms with E-state index in [1.165, 1.54) is 39.8 Å². The molecule has 0 amide bonds. The molecule has 1 nitrogen and oxygen atoms in total. The number of rotatable bonds is 8. The molecule has 0 spiro atoms. The van der Waals surface area contributed by atoms with Crippen LogP contribution < -0.4 is 5.32 Å². The highest BCUT2D eigenvalue weighted by Gasteiger charge is 2.17. The van der Waals surface area contributed by atoms with E-state index in [0.29, 0.717) is 5.92 Å². The van der Waals surface area contributed by atoms with Crippen LogP contribution >= 0.6 is 0 Å². The van der Waals surface area contributed by atoms with Crippen molar-refractivity contribution in [2.75, 3.05) is 0 Å². The lowest BCUT2D eigenvalue weighted by atomic mass is 9.87. The normalized spacial score (nSPS) is 13.7. The van der Waals surface area contributed by atoms with Crippen LogP contribution in [0.25, 0.3) is 16.8 Å². The fourth-order valence-corrected chi connectivity index (χ4v) is 4.16. The molecule has 1 aliphatic rings. The fraction of sp³-hybridized carbons (Fsp3) is 0.333. The van der Waals surface area contributed by atoms with Gasteiger partial charge in [0.05, 0.1) is 0 Å². The Morgan fingerprint density at radius 2 is 1.65 bits per heavy atom. The largest absolute Gasteiger partial charge is 0.361 e. The average molecular weight is 412 g/mol. The molecule has 31 heavy (non-hydrogen) atoms. The molecule has 1 heteroatoms. The van der Waals surface area contributed by atoms with Crippen molar-refractivity contribution in [2.45, 2.75) is 60.3 Å². The maximum atomic E-state index is 4.27. The van der Waals surface area contributed by atoms with Crippen molar-refractivity contribution in [2.24, 2.45) is 5.92 Å². The van der Waals surface area contributed by atoms with Crippen LogP contribution in [0.15, 0.2) is 78.6 Å². The van der Waals surface area contributed by atoms with Crippen molar-refractivity contribution < 1.29 is 0 Å². The molecule has 162 valence electrons. The van der Waals surface area contributed by atoms with E-state index in [1.54, 1.807) is 0 Å². The molecule has 0 bridgehead atoms. The van der Waals surface area contributed by atoms with E-state index < -0.39 is 0 Å². The molecule has 0 saturated carbocycles. The quantitative estimate of drug-likeness (QED) is 0.463. The number of nitrogens with one attached hydrogen (secondary N) is 1. The van der Waals surface area contributed by atoms with Gasteiger partial charge in [0.1, 0.15) is 0 Å². The van der Waals surface area contributed by atoms with Crippen molar-refractivity contribution in [1.82, 2.24) is 5.32 Å². The Morgan fingerprint density at radius 1 is 0.968 bits per heavy atom. The second-order valence-corrected chi connectivity index (χ2v) is 9.07. The standard InChI is InChI=1S/C30H37N/c1-8-23-11-14-25(15-12-23)27-18-26(13-10-20(3)4)28(17-24(27)9-2)30-16-22(7)29(19-31-30)21(5)6/h11-12,14-20,31H,5,7-10,13H2,1-4,6H3. The summed E-state index contributed by atoms with van der Waals surface area (Å²) in [4.78, 5) is 0. The molecule has 0 aromatic heterocycles. The van der Waals surface area contributed by atoms with Gasteiger partial charge in [0.15, 0.2) is 0 Å². The number of hydrogen-bond acceptors (Lipinski definition) is 1. The molecule has 0 atom stereocenters. The summed E-state index contributed by atoms with van der Waals surface area (Å²) < 4.78 is 0. The van der Waals surface area contributed by atoms with Crippen molar-refractivity contribution in [1.29, 1.82) is 0 Å². The van der Waals surface area contributed by atoms with Gasteiger partial charge >= 0.3 is 0 Å². The van der Waals surface area contributed by atoms with E-state index in [0.717, 1.165) is 41.7 Å². The zero-order valence-corrected chi connectivity index (χ0v) is 19.9. The van der Waals surface area contributed by atoms with Crippen LogP contribution in [0, 0.1) is 5.92 Å². The zero-order chi connectivity index (χ0) is 22.5. The highest BCUT2D eigenvalue weighted by molar-refractivity contribution is 5.79. The minimum absolute atomic E-state index is 0.671. The Balaban J connectivity index is 2.09. The summed E-state index contributed by atoms with van der Waals surface area (Å²) in [5, 5.41) is 3.53. The van der Waals surface area contributed by atoms with E-state index in [9.17, 15) is 0 Å². The number of allylic oxidation sites excluding steroid dienone is 4. The van der Waals surface area contributed by atoms with Crippen LogP contribution in [0.4, 0.5) is 0 Å². The summed E-state index contributed by atoms with van der Waals surface area (Å²) in [5.74, 6) is 0.671. The third kappa shape index (κ3) is 5.28.